The maximum atomic E-state index is 15.6. The Labute approximate surface area is 419 Å². The lowest BCUT2D eigenvalue weighted by Crippen LogP contribution is -2.48. The molecule has 12 nitrogen and oxygen atoms in total. The van der Waals surface area contributed by atoms with Crippen LogP contribution in [0.1, 0.15) is 124 Å². The zero-order valence-corrected chi connectivity index (χ0v) is 42.1. The van der Waals surface area contributed by atoms with Gasteiger partial charge in [-0.3, -0.25) is 9.80 Å². The zero-order valence-electron chi connectivity index (χ0n) is 42.1. The SMILES string of the molecule is CCc1noc(-c2ccc3c(c2)CC(C)N(CC(C)(C)F)C3c2c(F)cc(/C=C/C(=O)O)cc2F)n1.CCc1noc(-c2ccc3c(c2)CC(C)N(CC(C)(C)F)C3c2c(F)cc(/C=C/C(=O)OC)cc2F)n1. The normalized spacial score (nSPS) is 18.4. The third-order valence-electron chi connectivity index (χ3n) is 12.7. The molecule has 0 spiro atoms. The van der Waals surface area contributed by atoms with Crippen LogP contribution in [0.4, 0.5) is 26.3 Å². The van der Waals surface area contributed by atoms with Crippen LogP contribution in [0.3, 0.4) is 0 Å². The molecule has 73 heavy (non-hydrogen) atoms. The Morgan fingerprint density at radius 1 is 0.671 bits per heavy atom. The highest BCUT2D eigenvalue weighted by Crippen LogP contribution is 2.44. The van der Waals surface area contributed by atoms with Gasteiger partial charge in [-0.25, -0.2) is 35.9 Å². The summed E-state index contributed by atoms with van der Waals surface area (Å²) in [5.74, 6) is -3.22. The van der Waals surface area contributed by atoms with Gasteiger partial charge in [0.2, 0.25) is 0 Å². The molecule has 18 heteroatoms. The number of nitrogens with zero attached hydrogens (tertiary/aromatic N) is 6. The average Bonchev–Trinajstić information content (AvgIpc) is 4.02. The number of carbonyl (C=O) groups is 2. The average molecular weight is 1010 g/mol. The van der Waals surface area contributed by atoms with Gasteiger partial charge in [0.05, 0.1) is 19.2 Å². The highest BCUT2D eigenvalue weighted by molar-refractivity contribution is 5.87. The highest BCUT2D eigenvalue weighted by Gasteiger charge is 2.41. The number of esters is 1. The van der Waals surface area contributed by atoms with E-state index in [-0.39, 0.29) is 47.4 Å². The minimum absolute atomic E-state index is 0.0214. The zero-order chi connectivity index (χ0) is 53.1. The van der Waals surface area contributed by atoms with Gasteiger partial charge in [0, 0.05) is 72.4 Å². The number of alkyl halides is 2. The number of rotatable bonds is 14. The second-order valence-electron chi connectivity index (χ2n) is 19.6. The van der Waals surface area contributed by atoms with Crippen molar-refractivity contribution < 1.29 is 54.8 Å². The Morgan fingerprint density at radius 3 is 1.38 bits per heavy atom. The van der Waals surface area contributed by atoms with Crippen LogP contribution in [0.5, 0.6) is 0 Å². The summed E-state index contributed by atoms with van der Waals surface area (Å²) < 4.78 is 107. The van der Waals surface area contributed by atoms with E-state index in [1.54, 1.807) is 34.1 Å². The van der Waals surface area contributed by atoms with E-state index in [0.717, 1.165) is 53.6 Å². The Kier molecular flexibility index (Phi) is 16.3. The molecule has 0 amide bonds. The molecule has 8 rings (SSSR count). The van der Waals surface area contributed by atoms with Crippen molar-refractivity contribution in [2.45, 2.75) is 117 Å². The van der Waals surface area contributed by atoms with Gasteiger partial charge in [-0.15, -0.1) is 0 Å². The van der Waals surface area contributed by atoms with Crippen LogP contribution < -0.4 is 0 Å². The van der Waals surface area contributed by atoms with Gasteiger partial charge in [-0.1, -0.05) is 36.3 Å². The fourth-order valence-electron chi connectivity index (χ4n) is 9.46. The number of carboxylic acid groups (broad SMARTS) is 1. The molecule has 1 N–H and O–H groups in total. The second-order valence-corrected chi connectivity index (χ2v) is 19.6. The van der Waals surface area contributed by atoms with Gasteiger partial charge < -0.3 is 18.9 Å². The van der Waals surface area contributed by atoms with E-state index < -0.39 is 58.6 Å². The van der Waals surface area contributed by atoms with E-state index in [2.05, 4.69) is 25.0 Å². The number of fused-ring (bicyclic) bond motifs is 2. The fraction of sp³-hybridized carbons (Fsp3) is 0.382. The molecule has 0 saturated carbocycles. The van der Waals surface area contributed by atoms with Crippen molar-refractivity contribution in [2.75, 3.05) is 20.2 Å². The van der Waals surface area contributed by atoms with Crippen molar-refractivity contribution >= 4 is 24.1 Å². The maximum Gasteiger partial charge on any atom is 0.330 e. The molecule has 0 aliphatic carbocycles. The molecule has 0 bridgehead atoms. The van der Waals surface area contributed by atoms with Crippen LogP contribution in [0.25, 0.3) is 35.1 Å². The van der Waals surface area contributed by atoms with E-state index in [9.17, 15) is 18.4 Å². The minimum atomic E-state index is -1.61. The van der Waals surface area contributed by atoms with Crippen molar-refractivity contribution in [2.24, 2.45) is 0 Å². The van der Waals surface area contributed by atoms with Crippen molar-refractivity contribution in [3.8, 4) is 22.9 Å². The van der Waals surface area contributed by atoms with Gasteiger partial charge >= 0.3 is 11.9 Å². The van der Waals surface area contributed by atoms with E-state index in [4.69, 9.17) is 14.2 Å². The third kappa shape index (κ3) is 12.6. The molecule has 386 valence electrons. The van der Waals surface area contributed by atoms with E-state index in [1.165, 1.54) is 40.9 Å². The van der Waals surface area contributed by atoms with Crippen molar-refractivity contribution in [1.29, 1.82) is 0 Å². The highest BCUT2D eigenvalue weighted by atomic mass is 19.2. The van der Waals surface area contributed by atoms with Crippen LogP contribution in [0.2, 0.25) is 0 Å². The Balaban J connectivity index is 0.000000214. The number of carboxylic acids is 1. The van der Waals surface area contributed by atoms with Gasteiger partial charge in [0.1, 0.15) is 34.6 Å². The first-order valence-electron chi connectivity index (χ1n) is 23.9. The summed E-state index contributed by atoms with van der Waals surface area (Å²) >= 11 is 0. The number of aryl methyl sites for hydroxylation is 2. The van der Waals surface area contributed by atoms with Crippen molar-refractivity contribution in [3.63, 3.8) is 0 Å². The lowest BCUT2D eigenvalue weighted by molar-refractivity contribution is -0.135. The topological polar surface area (TPSA) is 148 Å². The molecular weight excluding hydrogens is 955 g/mol. The molecule has 4 atom stereocenters. The first kappa shape index (κ1) is 53.9. The number of benzene rings is 4. The van der Waals surface area contributed by atoms with Crippen molar-refractivity contribution in [1.82, 2.24) is 30.1 Å². The number of halogens is 6. The first-order chi connectivity index (χ1) is 34.5. The van der Waals surface area contributed by atoms with E-state index >= 15 is 17.6 Å². The Morgan fingerprint density at radius 2 is 1.05 bits per heavy atom. The van der Waals surface area contributed by atoms with Crippen LogP contribution >= 0.6 is 0 Å². The number of aliphatic carboxylic acids is 1. The van der Waals surface area contributed by atoms with Crippen molar-refractivity contribution in [3.05, 3.63) is 152 Å². The van der Waals surface area contributed by atoms with Crippen LogP contribution in [-0.4, -0.2) is 90.7 Å². The molecule has 0 saturated heterocycles. The van der Waals surface area contributed by atoms with Crippen LogP contribution in [0, 0.1) is 23.3 Å². The maximum absolute atomic E-state index is 15.6. The fourth-order valence-corrected chi connectivity index (χ4v) is 9.46. The number of methoxy groups -OCH3 is 1. The smallest absolute Gasteiger partial charge is 0.330 e. The third-order valence-corrected chi connectivity index (χ3v) is 12.7. The molecule has 2 aliphatic rings. The number of carbonyl (C=O) groups excluding carboxylic acids is 1. The number of hydrogen-bond acceptors (Lipinski definition) is 11. The summed E-state index contributed by atoms with van der Waals surface area (Å²) in [5.41, 5.74) is 1.11. The molecule has 0 radical (unpaired) electrons. The van der Waals surface area contributed by atoms with E-state index in [0.29, 0.717) is 71.4 Å². The standard InChI is InChI=1S/C28H30F3N3O3.C27H28F3N3O3/c1-6-23-32-27(37-33-23)18-8-9-20-19(14-18)11-16(2)34(15-28(3,4)31)26(20)25-21(29)12-17(13-22(25)30)7-10-24(35)36-5;1-5-22-31-26(36-32-22)17-7-8-19-18(13-17)10-15(2)33(14-27(3,4)30)25(19)24-20(28)11-16(12-21(24)29)6-9-23(34)35/h7-10,12-14,16,26H,6,11,15H2,1-5H3;6-9,11-13,15,25H,5,10,14H2,1-4H3,(H,34,35)/b10-7+;9-6+. The summed E-state index contributed by atoms with van der Waals surface area (Å²) in [4.78, 5) is 34.6. The van der Waals surface area contributed by atoms with E-state index in [1.807, 2.05) is 39.8 Å². The van der Waals surface area contributed by atoms with Crippen LogP contribution in [0.15, 0.2) is 81.9 Å². The molecule has 4 unspecified atom stereocenters. The Hall–Kier alpha value is -6.92. The predicted octanol–water partition coefficient (Wildman–Crippen LogP) is 11.6. The quantitative estimate of drug-likeness (QED) is 0.0629. The molecule has 0 fully saturated rings. The molecule has 6 aromatic rings. The van der Waals surface area contributed by atoms with Gasteiger partial charge in [-0.2, -0.15) is 9.97 Å². The van der Waals surface area contributed by atoms with Gasteiger partial charge in [0.25, 0.3) is 11.8 Å². The summed E-state index contributed by atoms with van der Waals surface area (Å²) in [6.07, 6.45) is 6.64. The summed E-state index contributed by atoms with van der Waals surface area (Å²) in [7, 11) is 1.21. The minimum Gasteiger partial charge on any atom is -0.478 e. The largest absolute Gasteiger partial charge is 0.478 e. The lowest BCUT2D eigenvalue weighted by Gasteiger charge is -2.44. The number of ether oxygens (including phenoxy) is 1. The Bertz CT molecular complexity index is 3000. The number of hydrogen-bond donors (Lipinski definition) is 1. The molecule has 4 heterocycles. The molecular formula is C55H58F6N6O6. The first-order valence-corrected chi connectivity index (χ1v) is 23.9. The predicted molar refractivity (Wildman–Crippen MR) is 262 cm³/mol. The summed E-state index contributed by atoms with van der Waals surface area (Å²) in [6, 6.07) is 13.2. The number of aromatic nitrogens is 4. The summed E-state index contributed by atoms with van der Waals surface area (Å²) in [6.45, 7) is 13.4. The van der Waals surface area contributed by atoms with Gasteiger partial charge in [0.15, 0.2) is 11.6 Å². The summed E-state index contributed by atoms with van der Waals surface area (Å²) in [5, 5.41) is 16.7. The monoisotopic (exact) mass is 1010 g/mol. The lowest BCUT2D eigenvalue weighted by atomic mass is 9.83. The molecule has 4 aromatic carbocycles. The second kappa shape index (κ2) is 22.1. The van der Waals surface area contributed by atoms with Crippen LogP contribution in [-0.2, 0) is 40.0 Å². The molecule has 2 aliphatic heterocycles. The molecule has 2 aromatic heterocycles. The van der Waals surface area contributed by atoms with Gasteiger partial charge in [-0.05, 0) is 148 Å².